The van der Waals surface area contributed by atoms with Crippen LogP contribution in [0.4, 0.5) is 0 Å². The van der Waals surface area contributed by atoms with Crippen molar-refractivity contribution in [1.29, 1.82) is 0 Å². The second kappa shape index (κ2) is 9.06. The average molecular weight is 279 g/mol. The number of aromatic nitrogens is 1. The van der Waals surface area contributed by atoms with Crippen LogP contribution in [0.15, 0.2) is 18.2 Å². The Balaban J connectivity index is 2.52. The van der Waals surface area contributed by atoms with Gasteiger partial charge in [0.05, 0.1) is 12.3 Å². The molecule has 1 atom stereocenters. The number of rotatable bonds is 9. The fraction of sp³-hybridized carbons (Fsp3) is 0.688. The highest BCUT2D eigenvalue weighted by Gasteiger charge is 2.15. The highest BCUT2D eigenvalue weighted by Crippen LogP contribution is 2.05. The fourth-order valence-corrected chi connectivity index (χ4v) is 2.15. The third-order valence-corrected chi connectivity index (χ3v) is 3.27. The maximum Gasteiger partial charge on any atom is 0.0630 e. The number of methoxy groups -OCH3 is 1. The molecule has 0 spiro atoms. The van der Waals surface area contributed by atoms with Crippen LogP contribution in [-0.4, -0.2) is 49.8 Å². The molecule has 0 aromatic carbocycles. The van der Waals surface area contributed by atoms with E-state index in [1.165, 1.54) is 0 Å². The molecule has 0 bridgehead atoms. The highest BCUT2D eigenvalue weighted by molar-refractivity contribution is 5.09. The van der Waals surface area contributed by atoms with E-state index in [0.29, 0.717) is 12.0 Å². The van der Waals surface area contributed by atoms with Crippen LogP contribution in [0.3, 0.4) is 0 Å². The third-order valence-electron chi connectivity index (χ3n) is 3.27. The van der Waals surface area contributed by atoms with Gasteiger partial charge >= 0.3 is 0 Å². The maximum absolute atomic E-state index is 5.34. The Bertz CT molecular complexity index is 382. The van der Waals surface area contributed by atoms with Gasteiger partial charge in [0.1, 0.15) is 0 Å². The number of pyridine rings is 1. The average Bonchev–Trinajstić information content (AvgIpc) is 2.37. The zero-order valence-electron chi connectivity index (χ0n) is 13.5. The maximum atomic E-state index is 5.34. The molecule has 114 valence electrons. The molecule has 1 aromatic rings. The van der Waals surface area contributed by atoms with Crippen LogP contribution in [0.1, 0.15) is 25.2 Å². The van der Waals surface area contributed by atoms with Crippen LogP contribution in [0, 0.1) is 12.8 Å². The summed E-state index contributed by atoms with van der Waals surface area (Å²) in [6.07, 6.45) is 0. The Morgan fingerprint density at radius 2 is 2.05 bits per heavy atom. The summed E-state index contributed by atoms with van der Waals surface area (Å²) in [5.74, 6) is 0.668. The van der Waals surface area contributed by atoms with E-state index in [-0.39, 0.29) is 0 Å². The molecule has 0 aliphatic rings. The summed E-state index contributed by atoms with van der Waals surface area (Å²) in [7, 11) is 3.89. The van der Waals surface area contributed by atoms with Gasteiger partial charge in [-0.25, -0.2) is 0 Å². The number of hydrogen-bond donors (Lipinski definition) is 1. The molecule has 1 N–H and O–H groups in total. The summed E-state index contributed by atoms with van der Waals surface area (Å²) in [6, 6.07) is 6.53. The van der Waals surface area contributed by atoms with E-state index in [9.17, 15) is 0 Å². The third kappa shape index (κ3) is 6.46. The second-order valence-corrected chi connectivity index (χ2v) is 5.85. The van der Waals surface area contributed by atoms with Crippen LogP contribution >= 0.6 is 0 Å². The first-order valence-electron chi connectivity index (χ1n) is 7.35. The summed E-state index contributed by atoms with van der Waals surface area (Å²) in [5, 5.41) is 3.51. The predicted octanol–water partition coefficient (Wildman–Crippen LogP) is 2.08. The number of nitrogens with zero attached hydrogens (tertiary/aromatic N) is 2. The first kappa shape index (κ1) is 17.1. The Hall–Kier alpha value is -0.970. The lowest BCUT2D eigenvalue weighted by Gasteiger charge is -2.28. The number of nitrogens with one attached hydrogen (secondary N) is 1. The number of likely N-dealkylation sites (N-methyl/N-ethyl adjacent to an activating group) is 1. The zero-order chi connectivity index (χ0) is 15.0. The smallest absolute Gasteiger partial charge is 0.0630 e. The first-order chi connectivity index (χ1) is 9.52. The molecule has 20 heavy (non-hydrogen) atoms. The topological polar surface area (TPSA) is 37.4 Å². The Morgan fingerprint density at radius 1 is 1.30 bits per heavy atom. The normalized spacial score (nSPS) is 13.2. The molecule has 0 amide bonds. The van der Waals surface area contributed by atoms with Crippen LogP contribution in [0.5, 0.6) is 0 Å². The molecule has 4 heteroatoms. The van der Waals surface area contributed by atoms with Gasteiger partial charge in [-0.15, -0.1) is 0 Å². The van der Waals surface area contributed by atoms with Crippen molar-refractivity contribution in [3.8, 4) is 0 Å². The van der Waals surface area contributed by atoms with Gasteiger partial charge in [0.2, 0.25) is 0 Å². The molecule has 1 unspecified atom stereocenters. The Labute approximate surface area is 123 Å². The largest absolute Gasteiger partial charge is 0.383 e. The van der Waals surface area contributed by atoms with Crippen molar-refractivity contribution in [3.63, 3.8) is 0 Å². The number of ether oxygens (including phenoxy) is 1. The van der Waals surface area contributed by atoms with Gasteiger partial charge in [-0.05, 0) is 38.6 Å². The molecule has 0 saturated carbocycles. The molecular formula is C16H29N3O. The fourth-order valence-electron chi connectivity index (χ4n) is 2.15. The molecule has 0 saturated heterocycles. The highest BCUT2D eigenvalue weighted by atomic mass is 16.5. The number of aryl methyl sites for hydroxylation is 1. The van der Waals surface area contributed by atoms with Crippen molar-refractivity contribution in [2.75, 3.05) is 33.9 Å². The minimum absolute atomic E-state index is 0.362. The van der Waals surface area contributed by atoms with Crippen molar-refractivity contribution in [2.45, 2.75) is 33.4 Å². The zero-order valence-corrected chi connectivity index (χ0v) is 13.5. The van der Waals surface area contributed by atoms with E-state index < -0.39 is 0 Å². The summed E-state index contributed by atoms with van der Waals surface area (Å²) < 4.78 is 5.34. The lowest BCUT2D eigenvalue weighted by Crippen LogP contribution is -2.43. The summed E-state index contributed by atoms with van der Waals surface area (Å²) in [5.41, 5.74) is 2.18. The van der Waals surface area contributed by atoms with Crippen molar-refractivity contribution < 1.29 is 4.74 Å². The first-order valence-corrected chi connectivity index (χ1v) is 7.35. The van der Waals surface area contributed by atoms with Crippen molar-refractivity contribution in [3.05, 3.63) is 29.6 Å². The van der Waals surface area contributed by atoms with Crippen molar-refractivity contribution >= 4 is 0 Å². The van der Waals surface area contributed by atoms with Gasteiger partial charge in [-0.1, -0.05) is 19.9 Å². The van der Waals surface area contributed by atoms with Gasteiger partial charge in [-0.3, -0.25) is 9.88 Å². The molecule has 0 aliphatic carbocycles. The van der Waals surface area contributed by atoms with Crippen molar-refractivity contribution in [2.24, 2.45) is 5.92 Å². The monoisotopic (exact) mass is 279 g/mol. The molecule has 0 aliphatic heterocycles. The van der Waals surface area contributed by atoms with Gasteiger partial charge in [0.15, 0.2) is 0 Å². The van der Waals surface area contributed by atoms with E-state index in [1.807, 2.05) is 13.0 Å². The predicted molar refractivity (Wildman–Crippen MR) is 83.8 cm³/mol. The van der Waals surface area contributed by atoms with Crippen LogP contribution in [0.25, 0.3) is 0 Å². The number of hydrogen-bond acceptors (Lipinski definition) is 4. The van der Waals surface area contributed by atoms with E-state index >= 15 is 0 Å². The Kier molecular flexibility index (Phi) is 7.73. The van der Waals surface area contributed by atoms with Gasteiger partial charge in [0, 0.05) is 31.9 Å². The SMILES string of the molecule is COCC(CNCC(C)C)N(C)Cc1cccc(C)n1. The molecule has 0 radical (unpaired) electrons. The van der Waals surface area contributed by atoms with E-state index in [2.05, 4.69) is 48.2 Å². The van der Waals surface area contributed by atoms with Gasteiger partial charge in [-0.2, -0.15) is 0 Å². The van der Waals surface area contributed by atoms with Gasteiger partial charge < -0.3 is 10.1 Å². The molecule has 1 rings (SSSR count). The van der Waals surface area contributed by atoms with Crippen LogP contribution in [0.2, 0.25) is 0 Å². The summed E-state index contributed by atoms with van der Waals surface area (Å²) in [4.78, 5) is 6.87. The van der Waals surface area contributed by atoms with Gasteiger partial charge in [0.25, 0.3) is 0 Å². The molecule has 1 aromatic heterocycles. The quantitative estimate of drug-likeness (QED) is 0.751. The summed E-state index contributed by atoms with van der Waals surface area (Å²) >= 11 is 0. The molecular weight excluding hydrogens is 250 g/mol. The second-order valence-electron chi connectivity index (χ2n) is 5.85. The lowest BCUT2D eigenvalue weighted by atomic mass is 10.2. The summed E-state index contributed by atoms with van der Waals surface area (Å²) in [6.45, 7) is 10.0. The Morgan fingerprint density at radius 3 is 2.65 bits per heavy atom. The van der Waals surface area contributed by atoms with Crippen LogP contribution < -0.4 is 5.32 Å². The standard InChI is InChI=1S/C16H29N3O/c1-13(2)9-17-10-16(12-20-5)19(4)11-15-8-6-7-14(3)18-15/h6-8,13,16-17H,9-12H2,1-5H3. The minimum Gasteiger partial charge on any atom is -0.383 e. The van der Waals surface area contributed by atoms with E-state index in [0.717, 1.165) is 37.6 Å². The van der Waals surface area contributed by atoms with E-state index in [4.69, 9.17) is 4.74 Å². The minimum atomic E-state index is 0.362. The van der Waals surface area contributed by atoms with E-state index in [1.54, 1.807) is 7.11 Å². The van der Waals surface area contributed by atoms with Crippen LogP contribution in [-0.2, 0) is 11.3 Å². The lowest BCUT2D eigenvalue weighted by molar-refractivity contribution is 0.100. The van der Waals surface area contributed by atoms with Crippen molar-refractivity contribution in [1.82, 2.24) is 15.2 Å². The molecule has 0 fully saturated rings. The molecule has 1 heterocycles. The molecule has 4 nitrogen and oxygen atoms in total.